The lowest BCUT2D eigenvalue weighted by Gasteiger charge is -2.34. The Morgan fingerprint density at radius 2 is 1.81 bits per heavy atom. The first-order chi connectivity index (χ1) is 27.1. The maximum atomic E-state index is 14.8. The van der Waals surface area contributed by atoms with Crippen LogP contribution in [0.25, 0.3) is 16.7 Å². The number of halogens is 3. The minimum absolute atomic E-state index is 0.0437. The number of ether oxygens (including phenoxy) is 2. The van der Waals surface area contributed by atoms with Crippen LogP contribution in [0.2, 0.25) is 0 Å². The third kappa shape index (κ3) is 7.78. The van der Waals surface area contributed by atoms with Gasteiger partial charge in [0, 0.05) is 12.3 Å². The zero-order valence-corrected chi connectivity index (χ0v) is 33.5. The van der Waals surface area contributed by atoms with Gasteiger partial charge in [-0.25, -0.2) is 13.2 Å². The van der Waals surface area contributed by atoms with E-state index in [-0.39, 0.29) is 37.0 Å². The molecular formula is C38H47F3N8O8S. The maximum absolute atomic E-state index is 14.8. The molecule has 1 saturated heterocycles. The number of benzene rings is 1. The summed E-state index contributed by atoms with van der Waals surface area (Å²) in [7, 11) is -4.08. The Morgan fingerprint density at radius 1 is 1.09 bits per heavy atom. The highest BCUT2D eigenvalue weighted by molar-refractivity contribution is 7.91. The van der Waals surface area contributed by atoms with E-state index in [0.717, 1.165) is 0 Å². The van der Waals surface area contributed by atoms with Crippen molar-refractivity contribution in [2.75, 3.05) is 6.54 Å². The summed E-state index contributed by atoms with van der Waals surface area (Å²) in [6.07, 6.45) is 0.0488. The van der Waals surface area contributed by atoms with Crippen LogP contribution in [-0.2, 0) is 29.1 Å². The molecule has 7 unspecified atom stereocenters. The summed E-state index contributed by atoms with van der Waals surface area (Å²) in [5.74, 6) is -3.37. The van der Waals surface area contributed by atoms with Gasteiger partial charge in [-0.3, -0.25) is 23.5 Å². The van der Waals surface area contributed by atoms with Crippen molar-refractivity contribution in [1.82, 2.24) is 39.8 Å². The molecule has 4 heterocycles. The molecule has 3 aromatic rings. The van der Waals surface area contributed by atoms with Gasteiger partial charge in [-0.15, -0.1) is 10.2 Å². The number of amides is 4. The van der Waals surface area contributed by atoms with E-state index in [1.165, 1.54) is 18.2 Å². The van der Waals surface area contributed by atoms with Crippen molar-refractivity contribution >= 4 is 50.5 Å². The molecule has 2 aliphatic carbocycles. The molecule has 2 aromatic heterocycles. The van der Waals surface area contributed by atoms with Crippen LogP contribution < -0.4 is 20.1 Å². The Bertz CT molecular complexity index is 2280. The number of allylic oxidation sites excluding steroid dienone is 1. The highest BCUT2D eigenvalue weighted by Crippen LogP contribution is 2.48. The van der Waals surface area contributed by atoms with E-state index in [0.29, 0.717) is 56.9 Å². The number of alkyl carbamates (subject to hydrolysis) is 1. The van der Waals surface area contributed by atoms with E-state index in [1.807, 2.05) is 19.1 Å². The predicted molar refractivity (Wildman–Crippen MR) is 201 cm³/mol. The van der Waals surface area contributed by atoms with E-state index in [1.54, 1.807) is 35.6 Å². The van der Waals surface area contributed by atoms with Gasteiger partial charge in [0.05, 0.1) is 22.2 Å². The average molecular weight is 833 g/mol. The Labute approximate surface area is 332 Å². The Morgan fingerprint density at radius 3 is 2.52 bits per heavy atom. The number of para-hydroxylation sites is 1. The van der Waals surface area contributed by atoms with Gasteiger partial charge in [-0.1, -0.05) is 38.1 Å². The average Bonchev–Trinajstić information content (AvgIpc) is 3.92. The Balaban J connectivity index is 1.24. The van der Waals surface area contributed by atoms with E-state index in [2.05, 4.69) is 30.5 Å². The van der Waals surface area contributed by atoms with Crippen LogP contribution in [0.5, 0.6) is 5.88 Å². The maximum Gasteiger partial charge on any atom is 0.427 e. The smallest absolute Gasteiger partial charge is 0.427 e. The van der Waals surface area contributed by atoms with Gasteiger partial charge in [0.1, 0.15) is 30.1 Å². The number of carbonyl (C=O) groups is 4. The standard InChI is InChI=1S/C38H47F3N8O8S/c1-21-10-6-7-11-23-18-37(23,32(52)47-58(54,55)36(5)14-15-36)45-29(50)27-17-24(56-30-25-12-8-9-13-26(25)49-20-42-46-33(49)44-30)19-48(27)31(51)28(22(2)16-21)43-34(53)57-35(3,4)38(39,40)41/h7-9,11-13,20-24,27-28H,6,10,14-19H2,1-5H3,(H,43,53)(H,45,50)(H,47,52). The molecule has 0 bridgehead atoms. The number of sulfonamides is 1. The third-order valence-electron chi connectivity index (χ3n) is 12.0. The van der Waals surface area contributed by atoms with E-state index >= 15 is 0 Å². The first-order valence-electron chi connectivity index (χ1n) is 19.3. The molecule has 2 aliphatic heterocycles. The van der Waals surface area contributed by atoms with Crippen LogP contribution in [0.4, 0.5) is 18.0 Å². The zero-order chi connectivity index (χ0) is 42.0. The SMILES string of the molecule is CC1CCC=CC2CC2(C(=O)NS(=O)(=O)C2(C)CC2)NC(=O)C2CC(Oc3nc4nncn4c4ccccc34)CN2C(=O)C(NC(=O)OC(C)(C)C(F)(F)F)C(C)C1. The predicted octanol–water partition coefficient (Wildman–Crippen LogP) is 3.95. The molecule has 314 valence electrons. The number of alkyl halides is 3. The zero-order valence-electron chi connectivity index (χ0n) is 32.7. The second-order valence-corrected chi connectivity index (χ2v) is 19.1. The van der Waals surface area contributed by atoms with Crippen molar-refractivity contribution in [2.24, 2.45) is 17.8 Å². The third-order valence-corrected chi connectivity index (χ3v) is 14.1. The molecule has 7 atom stereocenters. The van der Waals surface area contributed by atoms with E-state index in [4.69, 9.17) is 9.47 Å². The fourth-order valence-electron chi connectivity index (χ4n) is 7.78. The minimum Gasteiger partial charge on any atom is -0.472 e. The van der Waals surface area contributed by atoms with Gasteiger partial charge in [-0.05, 0) is 83.3 Å². The fourth-order valence-corrected chi connectivity index (χ4v) is 9.09. The first kappa shape index (κ1) is 41.2. The monoisotopic (exact) mass is 832 g/mol. The molecule has 58 heavy (non-hydrogen) atoms. The topological polar surface area (TPSA) is 203 Å². The summed E-state index contributed by atoms with van der Waals surface area (Å²) in [5, 5.41) is 13.7. The lowest BCUT2D eigenvalue weighted by Crippen LogP contribution is -2.59. The van der Waals surface area contributed by atoms with Crippen molar-refractivity contribution in [1.29, 1.82) is 0 Å². The van der Waals surface area contributed by atoms with Crippen molar-refractivity contribution in [3.8, 4) is 5.88 Å². The van der Waals surface area contributed by atoms with Crippen molar-refractivity contribution in [3.05, 3.63) is 42.7 Å². The molecule has 1 aromatic carbocycles. The molecule has 3 fully saturated rings. The van der Waals surface area contributed by atoms with Gasteiger partial charge < -0.3 is 25.0 Å². The number of nitrogens with zero attached hydrogens (tertiary/aromatic N) is 5. The Hall–Kier alpha value is -5.01. The highest BCUT2D eigenvalue weighted by Gasteiger charge is 2.63. The second-order valence-electron chi connectivity index (χ2n) is 16.9. The van der Waals surface area contributed by atoms with Crippen LogP contribution in [0.1, 0.15) is 79.6 Å². The number of rotatable bonds is 7. The second kappa shape index (κ2) is 14.7. The van der Waals surface area contributed by atoms with E-state index in [9.17, 15) is 40.8 Å². The number of carbonyl (C=O) groups excluding carboxylic acids is 4. The molecule has 3 N–H and O–H groups in total. The van der Waals surface area contributed by atoms with Gasteiger partial charge >= 0.3 is 12.3 Å². The van der Waals surface area contributed by atoms with Gasteiger partial charge in [0.25, 0.3) is 11.7 Å². The number of nitrogens with one attached hydrogen (secondary N) is 3. The lowest BCUT2D eigenvalue weighted by atomic mass is 9.88. The van der Waals surface area contributed by atoms with Crippen LogP contribution in [-0.4, -0.2) is 104 Å². The molecule has 0 spiro atoms. The summed E-state index contributed by atoms with van der Waals surface area (Å²) in [6, 6.07) is 4.36. The Kier molecular flexibility index (Phi) is 10.4. The number of aromatic nitrogens is 4. The molecule has 2 saturated carbocycles. The summed E-state index contributed by atoms with van der Waals surface area (Å²) in [5.41, 5.74) is -3.88. The summed E-state index contributed by atoms with van der Waals surface area (Å²) in [6.45, 7) is 6.30. The highest BCUT2D eigenvalue weighted by atomic mass is 32.2. The normalized spacial score (nSPS) is 29.1. The van der Waals surface area contributed by atoms with Gasteiger partial charge in [-0.2, -0.15) is 18.2 Å². The van der Waals surface area contributed by atoms with Crippen molar-refractivity contribution in [2.45, 2.75) is 120 Å². The molecule has 20 heteroatoms. The van der Waals surface area contributed by atoms with E-state index < -0.39 is 85.9 Å². The van der Waals surface area contributed by atoms with Gasteiger partial charge in [0.15, 0.2) is 0 Å². The largest absolute Gasteiger partial charge is 0.472 e. The number of hydrogen-bond donors (Lipinski definition) is 3. The summed E-state index contributed by atoms with van der Waals surface area (Å²) in [4.78, 5) is 62.1. The first-order valence-corrected chi connectivity index (χ1v) is 20.8. The van der Waals surface area contributed by atoms with Crippen LogP contribution in [0.15, 0.2) is 42.7 Å². The number of fused-ring (bicyclic) bond motifs is 5. The molecule has 16 nitrogen and oxygen atoms in total. The van der Waals surface area contributed by atoms with Crippen LogP contribution >= 0.6 is 0 Å². The van der Waals surface area contributed by atoms with Crippen molar-refractivity contribution < 1.29 is 50.2 Å². The lowest BCUT2D eigenvalue weighted by molar-refractivity contribution is -0.244. The van der Waals surface area contributed by atoms with Crippen molar-refractivity contribution in [3.63, 3.8) is 0 Å². The minimum atomic E-state index is -4.92. The molecule has 4 amide bonds. The quantitative estimate of drug-likeness (QED) is 0.291. The molecule has 4 aliphatic rings. The molecular weight excluding hydrogens is 786 g/mol. The van der Waals surface area contributed by atoms with Crippen LogP contribution in [0, 0.1) is 17.8 Å². The molecule has 7 rings (SSSR count). The van der Waals surface area contributed by atoms with Crippen LogP contribution in [0.3, 0.4) is 0 Å². The molecule has 0 radical (unpaired) electrons. The summed E-state index contributed by atoms with van der Waals surface area (Å²) >= 11 is 0. The van der Waals surface area contributed by atoms with Gasteiger partial charge in [0.2, 0.25) is 33.3 Å². The fraction of sp³-hybridized carbons (Fsp3) is 0.605. The summed E-state index contributed by atoms with van der Waals surface area (Å²) < 4.78 is 81.6. The number of hydrogen-bond acceptors (Lipinski definition) is 11.